The first-order valence-electron chi connectivity index (χ1n) is 6.38. The maximum atomic E-state index is 10.4. The fourth-order valence-corrected chi connectivity index (χ4v) is 2.44. The largest absolute Gasteiger partial charge is 0.497 e. The van der Waals surface area contributed by atoms with Crippen molar-refractivity contribution in [2.75, 3.05) is 14.2 Å². The van der Waals surface area contributed by atoms with Crippen LogP contribution in [0.4, 0.5) is 0 Å². The zero-order chi connectivity index (χ0) is 15.4. The van der Waals surface area contributed by atoms with E-state index in [1.165, 1.54) is 0 Å². The lowest BCUT2D eigenvalue weighted by Crippen LogP contribution is -2.03. The summed E-state index contributed by atoms with van der Waals surface area (Å²) in [5.41, 5.74) is 1.49. The normalized spacial score (nSPS) is 12.0. The van der Waals surface area contributed by atoms with E-state index in [4.69, 9.17) is 32.7 Å². The van der Waals surface area contributed by atoms with Gasteiger partial charge in [0.2, 0.25) is 0 Å². The number of ether oxygens (including phenoxy) is 2. The smallest absolute Gasteiger partial charge is 0.122 e. The molecule has 0 aliphatic heterocycles. The topological polar surface area (TPSA) is 38.7 Å². The molecule has 2 aromatic carbocycles. The number of methoxy groups -OCH3 is 2. The van der Waals surface area contributed by atoms with E-state index in [0.29, 0.717) is 33.5 Å². The van der Waals surface area contributed by atoms with Crippen LogP contribution in [-0.2, 0) is 6.42 Å². The average Bonchev–Trinajstić information content (AvgIpc) is 2.50. The molecule has 112 valence electrons. The Hall–Kier alpha value is -1.42. The monoisotopic (exact) mass is 326 g/mol. The van der Waals surface area contributed by atoms with Crippen molar-refractivity contribution >= 4 is 23.2 Å². The molecule has 0 amide bonds. The van der Waals surface area contributed by atoms with Crippen LogP contribution in [0.5, 0.6) is 11.5 Å². The van der Waals surface area contributed by atoms with Gasteiger partial charge in [-0.2, -0.15) is 0 Å². The van der Waals surface area contributed by atoms with Gasteiger partial charge >= 0.3 is 0 Å². The molecular formula is C16H16Cl2O3. The molecular weight excluding hydrogens is 311 g/mol. The van der Waals surface area contributed by atoms with Crippen LogP contribution in [0.25, 0.3) is 0 Å². The van der Waals surface area contributed by atoms with E-state index < -0.39 is 6.10 Å². The van der Waals surface area contributed by atoms with Crippen LogP contribution in [0.3, 0.4) is 0 Å². The van der Waals surface area contributed by atoms with Crippen molar-refractivity contribution in [2.45, 2.75) is 12.5 Å². The van der Waals surface area contributed by atoms with Crippen molar-refractivity contribution < 1.29 is 14.6 Å². The minimum Gasteiger partial charge on any atom is -0.497 e. The Bertz CT molecular complexity index is 607. The van der Waals surface area contributed by atoms with Crippen molar-refractivity contribution in [3.05, 3.63) is 57.6 Å². The molecule has 21 heavy (non-hydrogen) atoms. The van der Waals surface area contributed by atoms with Crippen LogP contribution in [0, 0.1) is 0 Å². The first-order chi connectivity index (χ1) is 10.0. The number of rotatable bonds is 5. The Morgan fingerprint density at radius 2 is 1.62 bits per heavy atom. The van der Waals surface area contributed by atoms with Gasteiger partial charge in [0.05, 0.1) is 20.3 Å². The highest BCUT2D eigenvalue weighted by atomic mass is 35.5. The number of hydrogen-bond donors (Lipinski definition) is 1. The summed E-state index contributed by atoms with van der Waals surface area (Å²) >= 11 is 12.1. The minimum atomic E-state index is -0.732. The van der Waals surface area contributed by atoms with Gasteiger partial charge in [-0.25, -0.2) is 0 Å². The van der Waals surface area contributed by atoms with Gasteiger partial charge in [0.1, 0.15) is 11.5 Å². The lowest BCUT2D eigenvalue weighted by atomic mass is 10.0. The van der Waals surface area contributed by atoms with E-state index in [1.807, 2.05) is 0 Å². The SMILES string of the molecule is COc1cc(OC)cc(C(O)Cc2cc(Cl)ccc2Cl)c1. The summed E-state index contributed by atoms with van der Waals surface area (Å²) in [7, 11) is 3.14. The summed E-state index contributed by atoms with van der Waals surface area (Å²) in [6, 6.07) is 10.5. The predicted molar refractivity (Wildman–Crippen MR) is 84.7 cm³/mol. The van der Waals surface area contributed by atoms with Crippen LogP contribution >= 0.6 is 23.2 Å². The number of halogens is 2. The summed E-state index contributed by atoms with van der Waals surface area (Å²) < 4.78 is 10.4. The zero-order valence-electron chi connectivity index (χ0n) is 11.8. The highest BCUT2D eigenvalue weighted by molar-refractivity contribution is 6.33. The third kappa shape index (κ3) is 4.03. The molecule has 0 saturated carbocycles. The molecule has 1 N–H and O–H groups in total. The van der Waals surface area contributed by atoms with Crippen LogP contribution in [0.1, 0.15) is 17.2 Å². The Balaban J connectivity index is 2.27. The van der Waals surface area contributed by atoms with Gasteiger partial charge in [0.25, 0.3) is 0 Å². The maximum absolute atomic E-state index is 10.4. The second-order valence-electron chi connectivity index (χ2n) is 4.60. The zero-order valence-corrected chi connectivity index (χ0v) is 13.3. The highest BCUT2D eigenvalue weighted by Crippen LogP contribution is 2.30. The number of benzene rings is 2. The number of aliphatic hydroxyl groups excluding tert-OH is 1. The van der Waals surface area contributed by atoms with E-state index in [9.17, 15) is 5.11 Å². The first-order valence-corrected chi connectivity index (χ1v) is 7.14. The van der Waals surface area contributed by atoms with E-state index in [0.717, 1.165) is 5.56 Å². The fourth-order valence-electron chi connectivity index (χ4n) is 2.05. The number of aliphatic hydroxyl groups is 1. The molecule has 0 aromatic heterocycles. The molecule has 2 rings (SSSR count). The Morgan fingerprint density at radius 1 is 1.00 bits per heavy atom. The van der Waals surface area contributed by atoms with Crippen LogP contribution < -0.4 is 9.47 Å². The molecule has 0 spiro atoms. The van der Waals surface area contributed by atoms with E-state index in [-0.39, 0.29) is 0 Å². The summed E-state index contributed by atoms with van der Waals surface area (Å²) in [6.45, 7) is 0. The van der Waals surface area contributed by atoms with Crippen molar-refractivity contribution in [1.29, 1.82) is 0 Å². The third-order valence-electron chi connectivity index (χ3n) is 3.18. The third-order valence-corrected chi connectivity index (χ3v) is 3.78. The van der Waals surface area contributed by atoms with Crippen LogP contribution in [0.15, 0.2) is 36.4 Å². The number of hydrogen-bond acceptors (Lipinski definition) is 3. The molecule has 0 saturated heterocycles. The van der Waals surface area contributed by atoms with Gasteiger partial charge < -0.3 is 14.6 Å². The molecule has 0 fully saturated rings. The van der Waals surface area contributed by atoms with Gasteiger partial charge in [-0.05, 0) is 41.5 Å². The molecule has 2 aromatic rings. The van der Waals surface area contributed by atoms with E-state index >= 15 is 0 Å². The second kappa shape index (κ2) is 7.03. The first kappa shape index (κ1) is 16.0. The highest BCUT2D eigenvalue weighted by Gasteiger charge is 2.14. The van der Waals surface area contributed by atoms with E-state index in [2.05, 4.69) is 0 Å². The molecule has 0 bridgehead atoms. The van der Waals surface area contributed by atoms with Gasteiger partial charge in [-0.1, -0.05) is 23.2 Å². The second-order valence-corrected chi connectivity index (χ2v) is 5.45. The molecule has 5 heteroatoms. The molecule has 1 atom stereocenters. The molecule has 3 nitrogen and oxygen atoms in total. The van der Waals surface area contributed by atoms with Gasteiger partial charge in [0.15, 0.2) is 0 Å². The minimum absolute atomic E-state index is 0.357. The molecule has 0 radical (unpaired) electrons. The fraction of sp³-hybridized carbons (Fsp3) is 0.250. The maximum Gasteiger partial charge on any atom is 0.122 e. The van der Waals surface area contributed by atoms with E-state index in [1.54, 1.807) is 50.6 Å². The molecule has 1 unspecified atom stereocenters. The lowest BCUT2D eigenvalue weighted by Gasteiger charge is -2.15. The van der Waals surface area contributed by atoms with Gasteiger partial charge in [-0.3, -0.25) is 0 Å². The quantitative estimate of drug-likeness (QED) is 0.890. The van der Waals surface area contributed by atoms with Crippen molar-refractivity contribution in [3.8, 4) is 11.5 Å². The Kier molecular flexibility index (Phi) is 5.34. The van der Waals surface area contributed by atoms with Crippen molar-refractivity contribution in [2.24, 2.45) is 0 Å². The summed E-state index contributed by atoms with van der Waals surface area (Å²) in [6.07, 6.45) is -0.375. The van der Waals surface area contributed by atoms with Gasteiger partial charge in [0, 0.05) is 22.5 Å². The lowest BCUT2D eigenvalue weighted by molar-refractivity contribution is 0.177. The summed E-state index contributed by atoms with van der Waals surface area (Å²) in [5, 5.41) is 11.6. The molecule has 0 aliphatic rings. The molecule has 0 aliphatic carbocycles. The van der Waals surface area contributed by atoms with Crippen molar-refractivity contribution in [1.82, 2.24) is 0 Å². The van der Waals surface area contributed by atoms with Crippen molar-refractivity contribution in [3.63, 3.8) is 0 Å². The summed E-state index contributed by atoms with van der Waals surface area (Å²) in [4.78, 5) is 0. The predicted octanol–water partition coefficient (Wildman–Crippen LogP) is 4.29. The summed E-state index contributed by atoms with van der Waals surface area (Å²) in [5.74, 6) is 1.25. The Morgan fingerprint density at radius 3 is 2.19 bits per heavy atom. The van der Waals surface area contributed by atoms with Crippen LogP contribution in [-0.4, -0.2) is 19.3 Å². The van der Waals surface area contributed by atoms with Gasteiger partial charge in [-0.15, -0.1) is 0 Å². The standard InChI is InChI=1S/C16H16Cl2O3/c1-20-13-6-11(7-14(9-13)21-2)16(19)8-10-5-12(17)3-4-15(10)18/h3-7,9,16,19H,8H2,1-2H3. The van der Waals surface area contributed by atoms with Crippen LogP contribution in [0.2, 0.25) is 10.0 Å². The Labute approximate surface area is 134 Å². The molecule has 0 heterocycles. The average molecular weight is 327 g/mol.